The number of fused-ring (bicyclic) bond motifs is 2. The van der Waals surface area contributed by atoms with Crippen LogP contribution in [0, 0.1) is 13.8 Å². The lowest BCUT2D eigenvalue weighted by Crippen LogP contribution is -2.20. The first-order chi connectivity index (χ1) is 26.4. The number of amides is 4. The molecule has 0 aliphatic carbocycles. The fourth-order valence-corrected chi connectivity index (χ4v) is 6.18. The lowest BCUT2D eigenvalue weighted by atomic mass is 10.1. The van der Waals surface area contributed by atoms with E-state index in [2.05, 4.69) is 25.8 Å². The summed E-state index contributed by atoms with van der Waals surface area (Å²) in [6.07, 6.45) is 3.71. The maximum absolute atomic E-state index is 13.6. The Balaban J connectivity index is 1.38. The summed E-state index contributed by atoms with van der Waals surface area (Å²) < 4.78 is 18.0. The van der Waals surface area contributed by atoms with E-state index in [1.807, 2.05) is 26.0 Å². The molecule has 0 saturated carbocycles. The van der Waals surface area contributed by atoms with Gasteiger partial charge in [-0.1, -0.05) is 12.2 Å². The van der Waals surface area contributed by atoms with Crippen molar-refractivity contribution in [1.29, 1.82) is 0 Å². The molecule has 2 aromatic carbocycles. The van der Waals surface area contributed by atoms with Crippen molar-refractivity contribution >= 4 is 57.6 Å². The summed E-state index contributed by atoms with van der Waals surface area (Å²) in [5.41, 5.74) is 15.7. The first-order valence-corrected chi connectivity index (χ1v) is 17.5. The van der Waals surface area contributed by atoms with Crippen molar-refractivity contribution in [1.82, 2.24) is 38.7 Å². The summed E-state index contributed by atoms with van der Waals surface area (Å²) >= 11 is 0. The molecule has 6 N–H and O–H groups in total. The van der Waals surface area contributed by atoms with Crippen molar-refractivity contribution in [3.8, 4) is 5.75 Å². The van der Waals surface area contributed by atoms with Crippen LogP contribution in [-0.2, 0) is 30.9 Å². The Morgan fingerprint density at radius 3 is 1.84 bits per heavy atom. The number of benzene rings is 2. The quantitative estimate of drug-likeness (QED) is 0.0831. The van der Waals surface area contributed by atoms with Crippen molar-refractivity contribution < 1.29 is 28.7 Å². The van der Waals surface area contributed by atoms with Gasteiger partial charge in [0.05, 0.1) is 34.5 Å². The number of allylic oxidation sites excluding steroid dienone is 2. The Morgan fingerprint density at radius 1 is 0.727 bits per heavy atom. The summed E-state index contributed by atoms with van der Waals surface area (Å²) in [6, 6.07) is 11.3. The number of anilines is 2. The molecule has 18 heteroatoms. The van der Waals surface area contributed by atoms with Gasteiger partial charge in [-0.05, 0) is 70.2 Å². The highest BCUT2D eigenvalue weighted by atomic mass is 16.5. The molecular formula is C37H42N12O6. The number of primary amides is 2. The Kier molecular flexibility index (Phi) is 11.1. The molecule has 6 aromatic rings. The number of nitrogens with two attached hydrogens (primary N) is 2. The number of aromatic nitrogens is 8. The second kappa shape index (κ2) is 16.0. The second-order valence-corrected chi connectivity index (χ2v) is 12.6. The molecule has 4 amide bonds. The molecule has 0 unspecified atom stereocenters. The molecule has 0 aliphatic rings. The average molecular weight is 751 g/mol. The van der Waals surface area contributed by atoms with Gasteiger partial charge in [0.15, 0.2) is 0 Å². The number of hydrogen-bond donors (Lipinski definition) is 4. The number of imidazole rings is 2. The zero-order chi connectivity index (χ0) is 39.4. The number of hydrogen-bond acceptors (Lipinski definition) is 10. The minimum atomic E-state index is -0.673. The number of nitrogens with zero attached hydrogens (tertiary/aromatic N) is 8. The number of methoxy groups -OCH3 is 1. The molecule has 0 saturated heterocycles. The normalized spacial score (nSPS) is 11.5. The monoisotopic (exact) mass is 750 g/mol. The molecule has 4 heterocycles. The number of carbonyl (C=O) groups is 4. The van der Waals surface area contributed by atoms with E-state index in [-0.39, 0.29) is 49.3 Å². The van der Waals surface area contributed by atoms with Gasteiger partial charge in [-0.2, -0.15) is 10.2 Å². The first kappa shape index (κ1) is 37.9. The number of rotatable bonds is 16. The van der Waals surface area contributed by atoms with E-state index < -0.39 is 23.6 Å². The summed E-state index contributed by atoms with van der Waals surface area (Å²) in [7, 11) is 1.54. The van der Waals surface area contributed by atoms with E-state index in [0.29, 0.717) is 63.7 Å². The molecular weight excluding hydrogens is 708 g/mol. The van der Waals surface area contributed by atoms with Crippen LogP contribution in [0.1, 0.15) is 66.9 Å². The third kappa shape index (κ3) is 7.93. The minimum absolute atomic E-state index is 0.170. The maximum Gasteiger partial charge on any atom is 0.276 e. The molecule has 0 atom stereocenters. The van der Waals surface area contributed by atoms with Crippen molar-refractivity contribution in [2.24, 2.45) is 11.5 Å². The lowest BCUT2D eigenvalue weighted by molar-refractivity contribution is 0.0991. The van der Waals surface area contributed by atoms with Gasteiger partial charge in [-0.25, -0.2) is 9.97 Å². The molecule has 55 heavy (non-hydrogen) atoms. The number of carbonyl (C=O) groups excluding carboxylic acids is 4. The molecule has 4 aromatic heterocycles. The molecule has 18 nitrogen and oxygen atoms in total. The highest BCUT2D eigenvalue weighted by molar-refractivity contribution is 6.05. The molecule has 0 fully saturated rings. The van der Waals surface area contributed by atoms with Crippen LogP contribution in [0.2, 0.25) is 0 Å². The Hall–Kier alpha value is -6.82. The van der Waals surface area contributed by atoms with Gasteiger partial charge in [-0.3, -0.25) is 39.2 Å². The lowest BCUT2D eigenvalue weighted by Gasteiger charge is -2.13. The summed E-state index contributed by atoms with van der Waals surface area (Å²) in [4.78, 5) is 60.7. The van der Waals surface area contributed by atoms with E-state index in [1.54, 1.807) is 69.8 Å². The summed E-state index contributed by atoms with van der Waals surface area (Å²) in [5, 5.41) is 14.6. The fraction of sp³-hybridized carbons (Fsp3) is 0.297. The van der Waals surface area contributed by atoms with Gasteiger partial charge < -0.3 is 30.1 Å². The minimum Gasteiger partial charge on any atom is -0.489 e. The largest absolute Gasteiger partial charge is 0.489 e. The van der Waals surface area contributed by atoms with Crippen LogP contribution < -0.4 is 26.8 Å². The SMILES string of the molecule is CCn1nc(C)cc1C(=O)Nc1nc2cc(C(N)=O)ccc2n1C/C=C/Cn1c(NC(=O)c2cc(C)nn2CC)nc2cc(C(N)=O)cc(OCCOC)c21. The average Bonchev–Trinajstić information content (AvgIpc) is 3.92. The van der Waals surface area contributed by atoms with E-state index in [9.17, 15) is 19.2 Å². The first-order valence-electron chi connectivity index (χ1n) is 17.5. The van der Waals surface area contributed by atoms with Gasteiger partial charge in [-0.15, -0.1) is 0 Å². The maximum atomic E-state index is 13.6. The number of ether oxygens (including phenoxy) is 2. The Labute approximate surface area is 315 Å². The van der Waals surface area contributed by atoms with Crippen LogP contribution in [0.15, 0.2) is 54.6 Å². The second-order valence-electron chi connectivity index (χ2n) is 12.6. The van der Waals surface area contributed by atoms with Crippen molar-refractivity contribution in [3.63, 3.8) is 0 Å². The predicted octanol–water partition coefficient (Wildman–Crippen LogP) is 3.42. The molecule has 6 rings (SSSR count). The third-order valence-corrected chi connectivity index (χ3v) is 8.73. The van der Waals surface area contributed by atoms with E-state index in [4.69, 9.17) is 25.9 Å². The number of aryl methyl sites for hydroxylation is 4. The smallest absolute Gasteiger partial charge is 0.276 e. The van der Waals surface area contributed by atoms with Gasteiger partial charge in [0.2, 0.25) is 23.7 Å². The van der Waals surface area contributed by atoms with E-state index in [0.717, 1.165) is 0 Å². The van der Waals surface area contributed by atoms with Crippen molar-refractivity contribution in [2.45, 2.75) is 53.9 Å². The van der Waals surface area contributed by atoms with Crippen LogP contribution in [0.4, 0.5) is 11.9 Å². The zero-order valence-electron chi connectivity index (χ0n) is 31.1. The van der Waals surface area contributed by atoms with Crippen molar-refractivity contribution in [3.05, 3.63) is 88.5 Å². The Morgan fingerprint density at radius 2 is 1.27 bits per heavy atom. The van der Waals surface area contributed by atoms with Gasteiger partial charge in [0, 0.05) is 44.4 Å². The topological polar surface area (TPSA) is 234 Å². The molecule has 0 spiro atoms. The zero-order valence-corrected chi connectivity index (χ0v) is 31.1. The molecule has 0 radical (unpaired) electrons. The van der Waals surface area contributed by atoms with Crippen molar-refractivity contribution in [2.75, 3.05) is 31.0 Å². The van der Waals surface area contributed by atoms with Gasteiger partial charge in [0.1, 0.15) is 29.3 Å². The van der Waals surface area contributed by atoms with Crippen LogP contribution in [-0.4, -0.2) is 82.6 Å². The standard InChI is InChI=1S/C37H42N12O6/c1-6-48-28(16-21(3)44-48)34(52)42-36-40-25-18-23(32(38)50)10-11-27(25)46(36)12-8-9-13-47-31-26(19-24(33(39)51)20-30(31)55-15-14-54-5)41-37(47)43-35(53)29-17-22(4)45-49(29)7-2/h8-11,16-20H,6-7,12-15H2,1-5H3,(H2,38,50)(H2,39,51)(H,40,42,52)(H,41,43,53)/b9-8+. The van der Waals surface area contributed by atoms with E-state index >= 15 is 0 Å². The highest BCUT2D eigenvalue weighted by Crippen LogP contribution is 2.31. The fourth-order valence-electron chi connectivity index (χ4n) is 6.18. The summed E-state index contributed by atoms with van der Waals surface area (Å²) in [5.74, 6) is -1.37. The van der Waals surface area contributed by atoms with Crippen LogP contribution in [0.3, 0.4) is 0 Å². The summed E-state index contributed by atoms with van der Waals surface area (Å²) in [6.45, 7) is 9.23. The molecule has 0 bridgehead atoms. The van der Waals surface area contributed by atoms with E-state index in [1.165, 1.54) is 12.1 Å². The third-order valence-electron chi connectivity index (χ3n) is 8.73. The van der Waals surface area contributed by atoms with Gasteiger partial charge >= 0.3 is 0 Å². The van der Waals surface area contributed by atoms with Crippen LogP contribution in [0.25, 0.3) is 22.1 Å². The number of nitrogens with one attached hydrogen (secondary N) is 2. The Bertz CT molecular complexity index is 2470. The predicted molar refractivity (Wildman–Crippen MR) is 204 cm³/mol. The molecule has 0 aliphatic heterocycles. The van der Waals surface area contributed by atoms with Crippen LogP contribution in [0.5, 0.6) is 5.75 Å². The highest BCUT2D eigenvalue weighted by Gasteiger charge is 2.22. The van der Waals surface area contributed by atoms with Gasteiger partial charge in [0.25, 0.3) is 11.8 Å². The van der Waals surface area contributed by atoms with Crippen LogP contribution >= 0.6 is 0 Å². The molecule has 286 valence electrons.